The van der Waals surface area contributed by atoms with Crippen LogP contribution in [-0.4, -0.2) is 10.1 Å². The van der Waals surface area contributed by atoms with Crippen LogP contribution in [-0.2, 0) is 0 Å². The van der Waals surface area contributed by atoms with Gasteiger partial charge in [0.05, 0.1) is 21.3 Å². The highest BCUT2D eigenvalue weighted by atomic mass is 35.5. The zero-order chi connectivity index (χ0) is 15.0. The van der Waals surface area contributed by atoms with E-state index in [1.807, 2.05) is 0 Å². The van der Waals surface area contributed by atoms with Crippen molar-refractivity contribution in [3.8, 4) is 22.8 Å². The van der Waals surface area contributed by atoms with Gasteiger partial charge in [-0.15, -0.1) is 0 Å². The molecule has 0 unspecified atom stereocenters. The number of hydrogen-bond donors (Lipinski definition) is 1. The molecular weight excluding hydrogens is 316 g/mol. The maximum Gasteiger partial charge on any atom is 0.260 e. The second kappa shape index (κ2) is 5.35. The highest BCUT2D eigenvalue weighted by molar-refractivity contribution is 6.42. The van der Waals surface area contributed by atoms with Crippen molar-refractivity contribution in [2.75, 3.05) is 5.73 Å². The monoisotopic (exact) mass is 323 g/mol. The number of aromatic nitrogens is 2. The van der Waals surface area contributed by atoms with Crippen LogP contribution in [0.2, 0.25) is 10.0 Å². The first-order chi connectivity index (χ1) is 10.1. The summed E-state index contributed by atoms with van der Waals surface area (Å²) in [7, 11) is 0. The van der Waals surface area contributed by atoms with Gasteiger partial charge in [-0.3, -0.25) is 0 Å². The van der Waals surface area contributed by atoms with E-state index in [4.69, 9.17) is 33.5 Å². The molecule has 0 aliphatic heterocycles. The molecule has 0 saturated heterocycles. The van der Waals surface area contributed by atoms with Gasteiger partial charge in [0.15, 0.2) is 0 Å². The Bertz CT molecular complexity index is 820. The first kappa shape index (κ1) is 13.9. The maximum atomic E-state index is 13.4. The summed E-state index contributed by atoms with van der Waals surface area (Å²) in [6.45, 7) is 0. The fourth-order valence-corrected chi connectivity index (χ4v) is 2.11. The predicted molar refractivity (Wildman–Crippen MR) is 79.6 cm³/mol. The Morgan fingerprint density at radius 1 is 1.10 bits per heavy atom. The lowest BCUT2D eigenvalue weighted by molar-refractivity contribution is 0.432. The summed E-state index contributed by atoms with van der Waals surface area (Å²) in [5.41, 5.74) is 6.60. The summed E-state index contributed by atoms with van der Waals surface area (Å²) in [5.74, 6) is -0.0953. The fourth-order valence-electron chi connectivity index (χ4n) is 1.81. The number of rotatable bonds is 2. The fraction of sp³-hybridized carbons (Fsp3) is 0. The number of anilines is 1. The van der Waals surface area contributed by atoms with E-state index in [0.29, 0.717) is 27.0 Å². The van der Waals surface area contributed by atoms with E-state index in [1.165, 1.54) is 12.1 Å². The first-order valence-corrected chi connectivity index (χ1v) is 6.65. The van der Waals surface area contributed by atoms with Crippen molar-refractivity contribution in [1.82, 2.24) is 10.1 Å². The number of nitrogens with two attached hydrogens (primary N) is 1. The molecular formula is C14H8Cl2FN3O. The lowest BCUT2D eigenvalue weighted by Gasteiger charge is -2.00. The van der Waals surface area contributed by atoms with Crippen LogP contribution in [0.15, 0.2) is 40.9 Å². The van der Waals surface area contributed by atoms with Crippen molar-refractivity contribution < 1.29 is 8.91 Å². The van der Waals surface area contributed by atoms with Crippen LogP contribution >= 0.6 is 23.2 Å². The third kappa shape index (κ3) is 2.57. The minimum atomic E-state index is -0.540. The van der Waals surface area contributed by atoms with Gasteiger partial charge in [-0.1, -0.05) is 34.4 Å². The number of para-hydroxylation sites is 1. The molecule has 0 spiro atoms. The highest BCUT2D eigenvalue weighted by Crippen LogP contribution is 2.30. The van der Waals surface area contributed by atoms with Crippen molar-refractivity contribution in [2.24, 2.45) is 0 Å². The summed E-state index contributed by atoms with van der Waals surface area (Å²) in [5, 5.41) is 4.65. The van der Waals surface area contributed by atoms with Crippen molar-refractivity contribution in [3.63, 3.8) is 0 Å². The zero-order valence-electron chi connectivity index (χ0n) is 10.5. The van der Waals surface area contributed by atoms with Crippen molar-refractivity contribution in [3.05, 3.63) is 52.3 Å². The Morgan fingerprint density at radius 2 is 1.90 bits per heavy atom. The summed E-state index contributed by atoms with van der Waals surface area (Å²) >= 11 is 11.8. The molecule has 0 radical (unpaired) electrons. The van der Waals surface area contributed by atoms with Crippen molar-refractivity contribution >= 4 is 28.9 Å². The van der Waals surface area contributed by atoms with E-state index in [0.717, 1.165) is 0 Å². The van der Waals surface area contributed by atoms with E-state index in [-0.39, 0.29) is 11.6 Å². The van der Waals surface area contributed by atoms with Crippen LogP contribution in [0.4, 0.5) is 10.1 Å². The number of nitrogens with zero attached hydrogens (tertiary/aromatic N) is 2. The molecule has 0 bridgehead atoms. The Labute approximate surface area is 129 Å². The third-order valence-corrected chi connectivity index (χ3v) is 3.63. The first-order valence-electron chi connectivity index (χ1n) is 5.90. The third-order valence-electron chi connectivity index (χ3n) is 2.89. The molecule has 7 heteroatoms. The van der Waals surface area contributed by atoms with Crippen molar-refractivity contribution in [2.45, 2.75) is 0 Å². The quantitative estimate of drug-likeness (QED) is 0.708. The molecule has 2 aromatic carbocycles. The highest BCUT2D eigenvalue weighted by Gasteiger charge is 2.15. The molecule has 1 aromatic heterocycles. The van der Waals surface area contributed by atoms with Crippen LogP contribution in [0, 0.1) is 5.82 Å². The average Bonchev–Trinajstić information content (AvgIpc) is 2.94. The molecule has 106 valence electrons. The summed E-state index contributed by atoms with van der Waals surface area (Å²) in [6.07, 6.45) is 0. The van der Waals surface area contributed by atoms with Gasteiger partial charge in [-0.2, -0.15) is 4.98 Å². The Morgan fingerprint density at radius 3 is 2.67 bits per heavy atom. The largest absolute Gasteiger partial charge is 0.396 e. The topological polar surface area (TPSA) is 64.9 Å². The lowest BCUT2D eigenvalue weighted by atomic mass is 10.1. The Kier molecular flexibility index (Phi) is 3.53. The van der Waals surface area contributed by atoms with E-state index >= 15 is 0 Å². The molecule has 21 heavy (non-hydrogen) atoms. The van der Waals surface area contributed by atoms with Crippen LogP contribution < -0.4 is 5.73 Å². The average molecular weight is 324 g/mol. The smallest absolute Gasteiger partial charge is 0.260 e. The molecule has 2 N–H and O–H groups in total. The molecule has 0 atom stereocenters. The predicted octanol–water partition coefficient (Wildman–Crippen LogP) is 4.43. The molecule has 4 nitrogen and oxygen atoms in total. The maximum absolute atomic E-state index is 13.4. The normalized spacial score (nSPS) is 10.8. The van der Waals surface area contributed by atoms with E-state index < -0.39 is 5.82 Å². The van der Waals surface area contributed by atoms with Gasteiger partial charge < -0.3 is 10.3 Å². The van der Waals surface area contributed by atoms with Crippen LogP contribution in [0.5, 0.6) is 0 Å². The molecule has 0 amide bonds. The zero-order valence-corrected chi connectivity index (χ0v) is 12.0. The molecule has 3 aromatic rings. The van der Waals surface area contributed by atoms with Crippen molar-refractivity contribution in [1.29, 1.82) is 0 Å². The number of hydrogen-bond acceptors (Lipinski definition) is 4. The van der Waals surface area contributed by atoms with Gasteiger partial charge in [-0.25, -0.2) is 4.39 Å². The van der Waals surface area contributed by atoms with E-state index in [2.05, 4.69) is 10.1 Å². The number of nitrogen functional groups attached to an aromatic ring is 1. The second-order valence-electron chi connectivity index (χ2n) is 4.25. The lowest BCUT2D eigenvalue weighted by Crippen LogP contribution is -1.94. The minimum Gasteiger partial charge on any atom is -0.396 e. The van der Waals surface area contributed by atoms with Gasteiger partial charge in [0.1, 0.15) is 5.82 Å². The molecule has 0 aliphatic carbocycles. The number of benzene rings is 2. The van der Waals surface area contributed by atoms with Gasteiger partial charge in [0.2, 0.25) is 5.82 Å². The van der Waals surface area contributed by atoms with Gasteiger partial charge >= 0.3 is 0 Å². The van der Waals surface area contributed by atoms with E-state index in [9.17, 15) is 4.39 Å². The minimum absolute atomic E-state index is 0.0400. The molecule has 3 rings (SSSR count). The van der Waals surface area contributed by atoms with Crippen LogP contribution in [0.3, 0.4) is 0 Å². The Hall–Kier alpha value is -2.11. The Balaban J connectivity index is 2.03. The van der Waals surface area contributed by atoms with Crippen LogP contribution in [0.25, 0.3) is 22.8 Å². The molecule has 0 fully saturated rings. The summed E-state index contributed by atoms with van der Waals surface area (Å²) < 4.78 is 18.6. The molecule has 0 aliphatic rings. The van der Waals surface area contributed by atoms with Crippen LogP contribution in [0.1, 0.15) is 0 Å². The SMILES string of the molecule is Nc1c(F)cccc1-c1nc(-c2ccc(Cl)c(Cl)c2)no1. The van der Waals surface area contributed by atoms with Gasteiger partial charge in [0, 0.05) is 5.56 Å². The van der Waals surface area contributed by atoms with E-state index in [1.54, 1.807) is 24.3 Å². The summed E-state index contributed by atoms with van der Waals surface area (Å²) in [4.78, 5) is 4.20. The van der Waals surface area contributed by atoms with Gasteiger partial charge in [-0.05, 0) is 30.3 Å². The second-order valence-corrected chi connectivity index (χ2v) is 5.07. The standard InChI is InChI=1S/C14H8Cl2FN3O/c15-9-5-4-7(6-10(9)16)13-19-14(21-20-13)8-2-1-3-11(17)12(8)18/h1-6H,18H2. The molecule has 0 saturated carbocycles. The number of halogens is 3. The molecule has 1 heterocycles. The van der Waals surface area contributed by atoms with Gasteiger partial charge in [0.25, 0.3) is 5.89 Å². The summed E-state index contributed by atoms with van der Waals surface area (Å²) in [6, 6.07) is 9.33.